The molecule has 1 saturated carbocycles. The van der Waals surface area contributed by atoms with E-state index in [-0.39, 0.29) is 0 Å². The van der Waals surface area contributed by atoms with E-state index in [0.717, 1.165) is 18.6 Å². The lowest BCUT2D eigenvalue weighted by Crippen LogP contribution is -1.95. The molecule has 0 aromatic carbocycles. The van der Waals surface area contributed by atoms with Gasteiger partial charge in [-0.05, 0) is 31.0 Å². The van der Waals surface area contributed by atoms with Gasteiger partial charge in [0.1, 0.15) is 0 Å². The van der Waals surface area contributed by atoms with Crippen LogP contribution in [-0.2, 0) is 0 Å². The van der Waals surface area contributed by atoms with Crippen LogP contribution in [0.4, 0.5) is 0 Å². The zero-order chi connectivity index (χ0) is 7.40. The molecule has 1 aliphatic rings. The first-order chi connectivity index (χ1) is 4.88. The summed E-state index contributed by atoms with van der Waals surface area (Å²) in [6, 6.07) is 0. The van der Waals surface area contributed by atoms with E-state index in [4.69, 9.17) is 5.73 Å². The number of nitrogens with zero attached hydrogens (tertiary/aromatic N) is 1. The fraction of sp³-hybridized carbons (Fsp3) is 0.375. The first-order valence-electron chi connectivity index (χ1n) is 3.47. The predicted molar refractivity (Wildman–Crippen MR) is 43.8 cm³/mol. The van der Waals surface area contributed by atoms with Crippen molar-refractivity contribution in [2.45, 2.75) is 19.3 Å². The molecule has 1 aliphatic carbocycles. The highest BCUT2D eigenvalue weighted by Crippen LogP contribution is 2.20. The van der Waals surface area contributed by atoms with Crippen LogP contribution in [0.1, 0.15) is 19.3 Å². The molecule has 54 valence electrons. The van der Waals surface area contributed by atoms with Gasteiger partial charge in [-0.3, -0.25) is 4.99 Å². The van der Waals surface area contributed by atoms with Crippen molar-refractivity contribution in [3.05, 3.63) is 24.6 Å². The molecule has 0 radical (unpaired) electrons. The summed E-state index contributed by atoms with van der Waals surface area (Å²) in [7, 11) is 0. The van der Waals surface area contributed by atoms with Crippen LogP contribution in [0, 0.1) is 0 Å². The van der Waals surface area contributed by atoms with Crippen LogP contribution in [0.3, 0.4) is 0 Å². The molecule has 2 nitrogen and oxygen atoms in total. The number of nitrogens with two attached hydrogens (primary N) is 1. The van der Waals surface area contributed by atoms with Gasteiger partial charge < -0.3 is 5.73 Å². The van der Waals surface area contributed by atoms with Crippen molar-refractivity contribution < 1.29 is 0 Å². The van der Waals surface area contributed by atoms with Crippen molar-refractivity contribution in [3.8, 4) is 0 Å². The largest absolute Gasteiger partial charge is 0.404 e. The molecule has 0 amide bonds. The summed E-state index contributed by atoms with van der Waals surface area (Å²) in [6.45, 7) is 3.54. The molecule has 1 rings (SSSR count). The number of hydrogen-bond donors (Lipinski definition) is 1. The van der Waals surface area contributed by atoms with E-state index in [0.29, 0.717) is 0 Å². The molecule has 0 heterocycles. The van der Waals surface area contributed by atoms with Gasteiger partial charge in [0.25, 0.3) is 0 Å². The van der Waals surface area contributed by atoms with Crippen LogP contribution in [0.25, 0.3) is 0 Å². The number of hydrogen-bond acceptors (Lipinski definition) is 2. The van der Waals surface area contributed by atoms with Crippen molar-refractivity contribution in [2.75, 3.05) is 0 Å². The molecule has 1 fully saturated rings. The van der Waals surface area contributed by atoms with Crippen LogP contribution < -0.4 is 5.73 Å². The Morgan fingerprint density at radius 1 is 1.50 bits per heavy atom. The molecule has 0 aromatic heterocycles. The first-order valence-corrected chi connectivity index (χ1v) is 3.47. The van der Waals surface area contributed by atoms with E-state index >= 15 is 0 Å². The molecule has 0 aliphatic heterocycles. The van der Waals surface area contributed by atoms with E-state index < -0.39 is 0 Å². The summed E-state index contributed by atoms with van der Waals surface area (Å²) >= 11 is 0. The van der Waals surface area contributed by atoms with Gasteiger partial charge in [-0.15, -0.1) is 0 Å². The van der Waals surface area contributed by atoms with E-state index in [1.165, 1.54) is 12.0 Å². The standard InChI is InChI=1S/C8H12N2/c1-2-10-8-5-3-4-7(8)6-9/h2,6H,1,3-5,9H2/b7-6-,10-8-. The summed E-state index contributed by atoms with van der Waals surface area (Å²) in [4.78, 5) is 4.11. The van der Waals surface area contributed by atoms with Crippen LogP contribution in [0.5, 0.6) is 0 Å². The van der Waals surface area contributed by atoms with Crippen LogP contribution in [0.2, 0.25) is 0 Å². The summed E-state index contributed by atoms with van der Waals surface area (Å²) in [6.07, 6.45) is 6.52. The second-order valence-electron chi connectivity index (χ2n) is 2.30. The fourth-order valence-corrected chi connectivity index (χ4v) is 1.19. The zero-order valence-corrected chi connectivity index (χ0v) is 6.01. The first kappa shape index (κ1) is 7.06. The lowest BCUT2D eigenvalue weighted by molar-refractivity contribution is 0.945. The van der Waals surface area contributed by atoms with Gasteiger partial charge in [-0.2, -0.15) is 0 Å². The van der Waals surface area contributed by atoms with Crippen LogP contribution in [0.15, 0.2) is 29.5 Å². The Bertz CT molecular complexity index is 189. The second kappa shape index (κ2) is 3.20. The van der Waals surface area contributed by atoms with Crippen molar-refractivity contribution in [3.63, 3.8) is 0 Å². The highest BCUT2D eigenvalue weighted by molar-refractivity contribution is 6.02. The second-order valence-corrected chi connectivity index (χ2v) is 2.30. The smallest absolute Gasteiger partial charge is 0.0449 e. The van der Waals surface area contributed by atoms with Gasteiger partial charge in [0.2, 0.25) is 0 Å². The van der Waals surface area contributed by atoms with Crippen molar-refractivity contribution in [2.24, 2.45) is 10.7 Å². The molecule has 0 unspecified atom stereocenters. The number of rotatable bonds is 1. The molecule has 0 atom stereocenters. The molecule has 2 heteroatoms. The molecule has 0 saturated heterocycles. The quantitative estimate of drug-likeness (QED) is 0.584. The van der Waals surface area contributed by atoms with Crippen LogP contribution in [-0.4, -0.2) is 5.71 Å². The minimum Gasteiger partial charge on any atom is -0.404 e. The van der Waals surface area contributed by atoms with Crippen molar-refractivity contribution in [1.29, 1.82) is 0 Å². The lowest BCUT2D eigenvalue weighted by Gasteiger charge is -1.93. The SMILES string of the molecule is C=C/N=C1/CCC/C1=C/N. The summed E-state index contributed by atoms with van der Waals surface area (Å²) in [5.74, 6) is 0. The van der Waals surface area contributed by atoms with Crippen molar-refractivity contribution >= 4 is 5.71 Å². The Hall–Kier alpha value is -1.05. The third-order valence-electron chi connectivity index (χ3n) is 1.68. The number of allylic oxidation sites excluding steroid dienone is 1. The zero-order valence-electron chi connectivity index (χ0n) is 6.01. The lowest BCUT2D eigenvalue weighted by atomic mass is 10.2. The van der Waals surface area contributed by atoms with Gasteiger partial charge in [-0.1, -0.05) is 6.58 Å². The third kappa shape index (κ3) is 1.26. The molecule has 0 aromatic rings. The summed E-state index contributed by atoms with van der Waals surface area (Å²) in [5.41, 5.74) is 7.67. The average molecular weight is 136 g/mol. The van der Waals surface area contributed by atoms with Gasteiger partial charge in [-0.25, -0.2) is 0 Å². The van der Waals surface area contributed by atoms with Gasteiger partial charge in [0.15, 0.2) is 0 Å². The Labute approximate surface area is 61.1 Å². The number of aliphatic imine (C=N–C) groups is 1. The topological polar surface area (TPSA) is 38.4 Å². The van der Waals surface area contributed by atoms with Gasteiger partial charge >= 0.3 is 0 Å². The Kier molecular flexibility index (Phi) is 2.26. The molecule has 10 heavy (non-hydrogen) atoms. The normalized spacial score (nSPS) is 26.0. The third-order valence-corrected chi connectivity index (χ3v) is 1.68. The molecule has 2 N–H and O–H groups in total. The van der Waals surface area contributed by atoms with E-state index in [1.54, 1.807) is 12.4 Å². The average Bonchev–Trinajstić information content (AvgIpc) is 2.36. The Morgan fingerprint density at radius 2 is 2.30 bits per heavy atom. The maximum atomic E-state index is 5.38. The van der Waals surface area contributed by atoms with Crippen molar-refractivity contribution in [1.82, 2.24) is 0 Å². The Morgan fingerprint density at radius 3 is 2.90 bits per heavy atom. The summed E-state index contributed by atoms with van der Waals surface area (Å²) < 4.78 is 0. The predicted octanol–water partition coefficient (Wildman–Crippen LogP) is 1.60. The van der Waals surface area contributed by atoms with Crippen LogP contribution >= 0.6 is 0 Å². The molecule has 0 spiro atoms. The summed E-state index contributed by atoms with van der Waals surface area (Å²) in [5, 5.41) is 0. The minimum atomic E-state index is 1.05. The van der Waals surface area contributed by atoms with E-state index in [2.05, 4.69) is 11.6 Å². The minimum absolute atomic E-state index is 1.05. The fourth-order valence-electron chi connectivity index (χ4n) is 1.19. The van der Waals surface area contributed by atoms with E-state index in [9.17, 15) is 0 Å². The molecular formula is C8H12N2. The highest BCUT2D eigenvalue weighted by atomic mass is 14.7. The Balaban J connectivity index is 2.77. The molecular weight excluding hydrogens is 124 g/mol. The highest BCUT2D eigenvalue weighted by Gasteiger charge is 2.13. The molecule has 0 bridgehead atoms. The maximum Gasteiger partial charge on any atom is 0.0449 e. The maximum absolute atomic E-state index is 5.38. The van der Waals surface area contributed by atoms with Gasteiger partial charge in [0.05, 0.1) is 0 Å². The monoisotopic (exact) mass is 136 g/mol. The van der Waals surface area contributed by atoms with E-state index in [1.807, 2.05) is 0 Å². The van der Waals surface area contributed by atoms with Gasteiger partial charge in [0, 0.05) is 11.9 Å².